The monoisotopic (exact) mass is 478 g/mol. The highest BCUT2D eigenvalue weighted by atomic mass is 16.7. The fourth-order valence-corrected chi connectivity index (χ4v) is 3.63. The molecule has 0 aliphatic rings. The van der Waals surface area contributed by atoms with Crippen molar-refractivity contribution in [1.29, 1.82) is 0 Å². The van der Waals surface area contributed by atoms with E-state index in [1.54, 1.807) is 0 Å². The van der Waals surface area contributed by atoms with E-state index in [0.29, 0.717) is 12.8 Å². The third kappa shape index (κ3) is 31.8. The highest BCUT2D eigenvalue weighted by Crippen LogP contribution is 2.15. The van der Waals surface area contributed by atoms with Gasteiger partial charge in [0.25, 0.3) is 0 Å². The Labute approximate surface area is 204 Å². The molecule has 202 valence electrons. The van der Waals surface area contributed by atoms with Crippen molar-refractivity contribution in [3.05, 3.63) is 0 Å². The lowest BCUT2D eigenvalue weighted by Gasteiger charge is -2.17. The van der Waals surface area contributed by atoms with Crippen molar-refractivity contribution in [2.75, 3.05) is 13.2 Å². The van der Waals surface area contributed by atoms with Gasteiger partial charge in [-0.3, -0.25) is 0 Å². The summed E-state index contributed by atoms with van der Waals surface area (Å²) in [6.07, 6.45) is 21.6. The molecule has 2 unspecified atom stereocenters. The first-order valence-electron chi connectivity index (χ1n) is 13.9. The number of ether oxygens (including phenoxy) is 1. The predicted molar refractivity (Wildman–Crippen MR) is 137 cm³/mol. The van der Waals surface area contributed by atoms with E-state index < -0.39 is 18.7 Å². The summed E-state index contributed by atoms with van der Waals surface area (Å²) in [7, 11) is 0. The van der Waals surface area contributed by atoms with Crippen LogP contribution in [-0.2, 0) is 4.74 Å². The molecule has 0 fully saturated rings. The van der Waals surface area contributed by atoms with E-state index in [9.17, 15) is 10.2 Å². The van der Waals surface area contributed by atoms with Crippen molar-refractivity contribution in [2.45, 2.75) is 161 Å². The van der Waals surface area contributed by atoms with E-state index in [-0.39, 0.29) is 13.2 Å². The molecule has 0 amide bonds. The Morgan fingerprint density at radius 2 is 0.727 bits per heavy atom. The minimum absolute atomic E-state index is 0.365. The molecule has 0 saturated carbocycles. The maximum Gasteiger partial charge on any atom is 0.157 e. The standard InChI is InChI=1S/C24H50O3.C3H8O3/c1-3-5-7-9-11-13-15-17-19-21-23(25)27-24(26)22-20-18-16-14-12-10-8-6-4-2;4-1-3(6)2-5/h23-26H,3-22H2,1-2H3;3-6H,1-2H2. The van der Waals surface area contributed by atoms with Crippen LogP contribution in [0.15, 0.2) is 0 Å². The number of rotatable bonds is 24. The normalized spacial score (nSPS) is 13.1. The van der Waals surface area contributed by atoms with Gasteiger partial charge in [0.05, 0.1) is 13.2 Å². The van der Waals surface area contributed by atoms with Crippen LogP contribution >= 0.6 is 0 Å². The topological polar surface area (TPSA) is 110 Å². The Morgan fingerprint density at radius 3 is 0.970 bits per heavy atom. The van der Waals surface area contributed by atoms with Crippen LogP contribution in [0.25, 0.3) is 0 Å². The molecule has 5 N–H and O–H groups in total. The van der Waals surface area contributed by atoms with Gasteiger partial charge in [-0.25, -0.2) is 0 Å². The average molecular weight is 479 g/mol. The first kappa shape index (κ1) is 34.9. The van der Waals surface area contributed by atoms with Crippen molar-refractivity contribution in [1.82, 2.24) is 0 Å². The van der Waals surface area contributed by atoms with Crippen LogP contribution in [-0.4, -0.2) is 57.4 Å². The van der Waals surface area contributed by atoms with E-state index >= 15 is 0 Å². The fourth-order valence-electron chi connectivity index (χ4n) is 3.63. The van der Waals surface area contributed by atoms with Gasteiger partial charge >= 0.3 is 0 Å². The number of hydrogen-bond acceptors (Lipinski definition) is 6. The second kappa shape index (κ2) is 29.8. The second-order valence-corrected chi connectivity index (χ2v) is 9.30. The first-order chi connectivity index (χ1) is 16.0. The van der Waals surface area contributed by atoms with Crippen LogP contribution in [0.4, 0.5) is 0 Å². The zero-order valence-corrected chi connectivity index (χ0v) is 21.9. The predicted octanol–water partition coefficient (Wildman–Crippen LogP) is 5.81. The van der Waals surface area contributed by atoms with Crippen molar-refractivity contribution in [3.8, 4) is 0 Å². The summed E-state index contributed by atoms with van der Waals surface area (Å²) in [6.45, 7) is 3.77. The molecule has 0 bridgehead atoms. The maximum atomic E-state index is 9.88. The Kier molecular flexibility index (Phi) is 31.5. The lowest BCUT2D eigenvalue weighted by molar-refractivity contribution is -0.212. The fraction of sp³-hybridized carbons (Fsp3) is 1.00. The van der Waals surface area contributed by atoms with Crippen LogP contribution in [0.1, 0.15) is 142 Å². The molecule has 0 rings (SSSR count). The molecule has 2 atom stereocenters. The highest BCUT2D eigenvalue weighted by molar-refractivity contribution is 4.52. The average Bonchev–Trinajstić information content (AvgIpc) is 2.81. The van der Waals surface area contributed by atoms with E-state index in [1.165, 1.54) is 89.9 Å². The summed E-state index contributed by atoms with van der Waals surface area (Å²) >= 11 is 0. The summed E-state index contributed by atoms with van der Waals surface area (Å²) in [5.74, 6) is 0. The molecular weight excluding hydrogens is 420 g/mol. The molecule has 0 radical (unpaired) electrons. The number of hydrogen-bond donors (Lipinski definition) is 5. The van der Waals surface area contributed by atoms with Crippen LogP contribution in [0.3, 0.4) is 0 Å². The Hall–Kier alpha value is -0.240. The molecule has 6 heteroatoms. The number of unbranched alkanes of at least 4 members (excludes halogenated alkanes) is 16. The number of aliphatic hydroxyl groups is 5. The van der Waals surface area contributed by atoms with Gasteiger partial charge in [0.1, 0.15) is 6.10 Å². The largest absolute Gasteiger partial charge is 0.394 e. The van der Waals surface area contributed by atoms with Crippen molar-refractivity contribution in [3.63, 3.8) is 0 Å². The second-order valence-electron chi connectivity index (χ2n) is 9.30. The van der Waals surface area contributed by atoms with Gasteiger partial charge in [0, 0.05) is 0 Å². The van der Waals surface area contributed by atoms with E-state index in [4.69, 9.17) is 20.1 Å². The molecule has 0 heterocycles. The minimum atomic E-state index is -0.954. The molecule has 33 heavy (non-hydrogen) atoms. The van der Waals surface area contributed by atoms with E-state index in [1.807, 2.05) is 0 Å². The number of aliphatic hydroxyl groups excluding tert-OH is 5. The maximum absolute atomic E-state index is 9.88. The molecule has 0 aliphatic heterocycles. The quantitative estimate of drug-likeness (QED) is 0.0884. The Morgan fingerprint density at radius 1 is 0.455 bits per heavy atom. The SMILES string of the molecule is CCCCCCCCCCCC(O)OC(O)CCCCCCCCCCC.OCC(O)CO. The van der Waals surface area contributed by atoms with Gasteiger partial charge in [-0.1, -0.05) is 117 Å². The molecule has 6 nitrogen and oxygen atoms in total. The zero-order valence-electron chi connectivity index (χ0n) is 21.9. The summed E-state index contributed by atoms with van der Waals surface area (Å²) in [5, 5.41) is 43.8. The lowest BCUT2D eigenvalue weighted by atomic mass is 10.1. The Balaban J connectivity index is 0. The third-order valence-electron chi connectivity index (χ3n) is 5.84. The van der Waals surface area contributed by atoms with Crippen LogP contribution in [0.5, 0.6) is 0 Å². The van der Waals surface area contributed by atoms with Gasteiger partial charge < -0.3 is 30.3 Å². The first-order valence-corrected chi connectivity index (χ1v) is 13.9. The zero-order chi connectivity index (χ0) is 25.0. The van der Waals surface area contributed by atoms with Crippen LogP contribution in [0, 0.1) is 0 Å². The van der Waals surface area contributed by atoms with Gasteiger partial charge in [0.2, 0.25) is 0 Å². The van der Waals surface area contributed by atoms with Gasteiger partial charge in [-0.2, -0.15) is 0 Å². The van der Waals surface area contributed by atoms with E-state index in [0.717, 1.165) is 25.7 Å². The highest BCUT2D eigenvalue weighted by Gasteiger charge is 2.11. The van der Waals surface area contributed by atoms with E-state index in [2.05, 4.69) is 13.8 Å². The van der Waals surface area contributed by atoms with Gasteiger partial charge in [-0.05, 0) is 25.7 Å². The van der Waals surface area contributed by atoms with Crippen LogP contribution < -0.4 is 0 Å². The molecule has 0 aromatic carbocycles. The summed E-state index contributed by atoms with van der Waals surface area (Å²) < 4.78 is 5.31. The molecular formula is C27H58O6. The van der Waals surface area contributed by atoms with Gasteiger partial charge in [0.15, 0.2) is 12.6 Å². The van der Waals surface area contributed by atoms with Crippen molar-refractivity contribution in [2.24, 2.45) is 0 Å². The summed E-state index contributed by atoms with van der Waals surface area (Å²) in [4.78, 5) is 0. The lowest BCUT2D eigenvalue weighted by Crippen LogP contribution is -2.21. The Bertz CT molecular complexity index is 313. The summed E-state index contributed by atoms with van der Waals surface area (Å²) in [6, 6.07) is 0. The molecule has 0 saturated heterocycles. The van der Waals surface area contributed by atoms with Gasteiger partial charge in [-0.15, -0.1) is 0 Å². The molecule has 0 aliphatic carbocycles. The molecule has 0 aromatic rings. The third-order valence-corrected chi connectivity index (χ3v) is 5.84. The van der Waals surface area contributed by atoms with Crippen LogP contribution in [0.2, 0.25) is 0 Å². The van der Waals surface area contributed by atoms with Crippen molar-refractivity contribution < 1.29 is 30.3 Å². The molecule has 0 spiro atoms. The minimum Gasteiger partial charge on any atom is -0.394 e. The van der Waals surface area contributed by atoms with Crippen molar-refractivity contribution >= 4 is 0 Å². The molecule has 0 aromatic heterocycles. The smallest absolute Gasteiger partial charge is 0.157 e. The summed E-state index contributed by atoms with van der Waals surface area (Å²) in [5.41, 5.74) is 0.